The first-order valence-electron chi connectivity index (χ1n) is 6.18. The van der Waals surface area contributed by atoms with Crippen molar-refractivity contribution in [3.8, 4) is 0 Å². The minimum absolute atomic E-state index is 0.744. The molecule has 14 heavy (non-hydrogen) atoms. The van der Waals surface area contributed by atoms with Gasteiger partial charge in [0.2, 0.25) is 0 Å². The zero-order valence-corrected chi connectivity index (χ0v) is 9.56. The average Bonchev–Trinajstić information content (AvgIpc) is 2.26. The van der Waals surface area contributed by atoms with Crippen LogP contribution in [0.2, 0.25) is 0 Å². The highest BCUT2D eigenvalue weighted by molar-refractivity contribution is 8.00. The molecule has 2 heteroatoms. The third kappa shape index (κ3) is 1.71. The van der Waals surface area contributed by atoms with E-state index in [0.29, 0.717) is 0 Å². The van der Waals surface area contributed by atoms with Crippen molar-refractivity contribution < 1.29 is 0 Å². The van der Waals surface area contributed by atoms with Gasteiger partial charge < -0.3 is 5.32 Å². The number of hydrogen-bond acceptors (Lipinski definition) is 2. The van der Waals surface area contributed by atoms with Crippen LogP contribution in [0.1, 0.15) is 44.9 Å². The summed E-state index contributed by atoms with van der Waals surface area (Å²) < 4.78 is 0. The van der Waals surface area contributed by atoms with Crippen molar-refractivity contribution in [1.82, 2.24) is 5.32 Å². The summed E-state index contributed by atoms with van der Waals surface area (Å²) in [5.41, 5.74) is 0. The van der Waals surface area contributed by atoms with Gasteiger partial charge in [0.1, 0.15) is 0 Å². The fourth-order valence-electron chi connectivity index (χ4n) is 3.20. The maximum atomic E-state index is 3.88. The first-order valence-corrected chi connectivity index (χ1v) is 7.12. The Hall–Kier alpha value is 0.310. The highest BCUT2D eigenvalue weighted by Crippen LogP contribution is 2.41. The van der Waals surface area contributed by atoms with Gasteiger partial charge in [-0.15, -0.1) is 0 Å². The smallest absolute Gasteiger partial charge is 0.0221 e. The van der Waals surface area contributed by atoms with Gasteiger partial charge in [-0.05, 0) is 32.1 Å². The lowest BCUT2D eigenvalue weighted by atomic mass is 9.89. The summed E-state index contributed by atoms with van der Waals surface area (Å²) in [6, 6.07) is 1.58. The van der Waals surface area contributed by atoms with Crippen LogP contribution >= 0.6 is 11.8 Å². The van der Waals surface area contributed by atoms with Crippen molar-refractivity contribution in [3.05, 3.63) is 6.42 Å². The molecule has 0 amide bonds. The second-order valence-corrected chi connectivity index (χ2v) is 6.45. The summed E-state index contributed by atoms with van der Waals surface area (Å²) >= 11 is 2.31. The number of hydrogen-bond donors (Lipinski definition) is 1. The quantitative estimate of drug-likeness (QED) is 0.660. The molecule has 79 valence electrons. The Morgan fingerprint density at radius 3 is 2.86 bits per heavy atom. The highest BCUT2D eigenvalue weighted by Gasteiger charge is 2.38. The standard InChI is InChI=1S/C12H20NS/c1-3-7-11-9(5-1)13-10-6-2-4-8-12(10)14-11/h5,9-13H,1-4,6-8H2. The van der Waals surface area contributed by atoms with E-state index in [2.05, 4.69) is 23.5 Å². The van der Waals surface area contributed by atoms with Crippen LogP contribution in [0.3, 0.4) is 0 Å². The van der Waals surface area contributed by atoms with Crippen molar-refractivity contribution in [3.63, 3.8) is 0 Å². The molecule has 4 atom stereocenters. The largest absolute Gasteiger partial charge is 0.309 e. The van der Waals surface area contributed by atoms with Crippen LogP contribution in [-0.2, 0) is 0 Å². The summed E-state index contributed by atoms with van der Waals surface area (Å²) in [4.78, 5) is 0. The molecule has 1 N–H and O–H groups in total. The highest BCUT2D eigenvalue weighted by atomic mass is 32.2. The van der Waals surface area contributed by atoms with Gasteiger partial charge in [-0.2, -0.15) is 11.8 Å². The van der Waals surface area contributed by atoms with Gasteiger partial charge in [0.25, 0.3) is 0 Å². The van der Waals surface area contributed by atoms with E-state index in [1.54, 1.807) is 0 Å². The average molecular weight is 210 g/mol. The normalized spacial score (nSPS) is 48.0. The molecule has 3 fully saturated rings. The zero-order chi connectivity index (χ0) is 9.38. The van der Waals surface area contributed by atoms with E-state index in [9.17, 15) is 0 Å². The Balaban J connectivity index is 1.68. The van der Waals surface area contributed by atoms with Gasteiger partial charge in [-0.1, -0.05) is 19.3 Å². The Bertz CT molecular complexity index is 164. The van der Waals surface area contributed by atoms with Crippen molar-refractivity contribution in [2.24, 2.45) is 0 Å². The minimum Gasteiger partial charge on any atom is -0.309 e. The molecule has 1 nitrogen and oxygen atoms in total. The van der Waals surface area contributed by atoms with E-state index < -0.39 is 0 Å². The molecule has 1 saturated heterocycles. The fourth-order valence-corrected chi connectivity index (χ4v) is 5.02. The summed E-state index contributed by atoms with van der Waals surface area (Å²) in [7, 11) is 0. The monoisotopic (exact) mass is 210 g/mol. The Kier molecular flexibility index (Phi) is 2.76. The topological polar surface area (TPSA) is 12.0 Å². The molecule has 2 aliphatic carbocycles. The summed E-state index contributed by atoms with van der Waals surface area (Å²) in [6.45, 7) is 0. The minimum atomic E-state index is 0.744. The molecule has 2 saturated carbocycles. The predicted octanol–water partition coefficient (Wildman–Crippen LogP) is 2.76. The summed E-state index contributed by atoms with van der Waals surface area (Å²) in [5.74, 6) is 0. The number of thioether (sulfide) groups is 1. The van der Waals surface area contributed by atoms with Crippen molar-refractivity contribution >= 4 is 11.8 Å². The van der Waals surface area contributed by atoms with Crippen molar-refractivity contribution in [2.45, 2.75) is 67.5 Å². The molecule has 0 spiro atoms. The van der Waals surface area contributed by atoms with Gasteiger partial charge in [-0.25, -0.2) is 0 Å². The predicted molar refractivity (Wildman–Crippen MR) is 62.5 cm³/mol. The molecule has 0 bridgehead atoms. The second kappa shape index (κ2) is 4.05. The molecule has 0 aromatic carbocycles. The maximum absolute atomic E-state index is 3.88. The van der Waals surface area contributed by atoms with Crippen molar-refractivity contribution in [2.75, 3.05) is 0 Å². The van der Waals surface area contributed by atoms with Crippen LogP contribution in [0.5, 0.6) is 0 Å². The van der Waals surface area contributed by atoms with Crippen LogP contribution in [0, 0.1) is 6.42 Å². The molecule has 4 unspecified atom stereocenters. The number of nitrogens with one attached hydrogen (secondary N) is 1. The Morgan fingerprint density at radius 2 is 1.86 bits per heavy atom. The van der Waals surface area contributed by atoms with Gasteiger partial charge in [-0.3, -0.25) is 0 Å². The third-order valence-electron chi connectivity index (χ3n) is 3.97. The first kappa shape index (κ1) is 9.53. The summed E-state index contributed by atoms with van der Waals surface area (Å²) in [6.07, 6.45) is 12.6. The van der Waals surface area contributed by atoms with E-state index in [1.807, 2.05) is 0 Å². The molecular formula is C12H20NS. The van der Waals surface area contributed by atoms with E-state index in [1.165, 1.54) is 44.9 Å². The lowest BCUT2D eigenvalue weighted by molar-refractivity contribution is 0.318. The Labute approximate surface area is 91.4 Å². The molecule has 3 rings (SSSR count). The SMILES string of the molecule is [CH]1CCCC2SC3CCCCC3NC12. The van der Waals surface area contributed by atoms with E-state index in [4.69, 9.17) is 0 Å². The lowest BCUT2D eigenvalue weighted by Crippen LogP contribution is -2.56. The molecule has 1 radical (unpaired) electrons. The molecular weight excluding hydrogens is 190 g/mol. The lowest BCUT2D eigenvalue weighted by Gasteiger charge is -2.46. The molecule has 1 heterocycles. The van der Waals surface area contributed by atoms with Gasteiger partial charge in [0.05, 0.1) is 0 Å². The number of rotatable bonds is 0. The van der Waals surface area contributed by atoms with Crippen LogP contribution in [0.15, 0.2) is 0 Å². The zero-order valence-electron chi connectivity index (χ0n) is 8.74. The van der Waals surface area contributed by atoms with Gasteiger partial charge in [0.15, 0.2) is 0 Å². The van der Waals surface area contributed by atoms with Crippen LogP contribution in [0.4, 0.5) is 0 Å². The van der Waals surface area contributed by atoms with Crippen molar-refractivity contribution in [1.29, 1.82) is 0 Å². The molecule has 0 aromatic heterocycles. The summed E-state index contributed by atoms with van der Waals surface area (Å²) in [5, 5.41) is 5.73. The number of fused-ring (bicyclic) bond motifs is 2. The van der Waals surface area contributed by atoms with E-state index in [-0.39, 0.29) is 0 Å². The van der Waals surface area contributed by atoms with Gasteiger partial charge >= 0.3 is 0 Å². The van der Waals surface area contributed by atoms with Crippen LogP contribution in [-0.4, -0.2) is 22.6 Å². The van der Waals surface area contributed by atoms with Crippen LogP contribution < -0.4 is 5.32 Å². The third-order valence-corrected chi connectivity index (χ3v) is 5.76. The van der Waals surface area contributed by atoms with E-state index in [0.717, 1.165) is 22.6 Å². The Morgan fingerprint density at radius 1 is 1.00 bits per heavy atom. The molecule has 1 aliphatic heterocycles. The molecule has 3 aliphatic rings. The van der Waals surface area contributed by atoms with Gasteiger partial charge in [0, 0.05) is 22.6 Å². The fraction of sp³-hybridized carbons (Fsp3) is 0.917. The van der Waals surface area contributed by atoms with E-state index >= 15 is 0 Å². The first-order chi connectivity index (χ1) is 6.93. The molecule has 0 aromatic rings. The second-order valence-electron chi connectivity index (χ2n) is 4.96. The van der Waals surface area contributed by atoms with Crippen LogP contribution in [0.25, 0.3) is 0 Å². The maximum Gasteiger partial charge on any atom is 0.0221 e.